The molecule has 1 heterocycles. The highest BCUT2D eigenvalue weighted by Gasteiger charge is 2.17. The van der Waals surface area contributed by atoms with Gasteiger partial charge in [0.15, 0.2) is 0 Å². The molecular weight excluding hydrogens is 166 g/mol. The Balaban J connectivity index is 2.31. The van der Waals surface area contributed by atoms with E-state index < -0.39 is 0 Å². The first-order valence-corrected chi connectivity index (χ1v) is 4.80. The average molecular weight is 175 g/mol. The summed E-state index contributed by atoms with van der Waals surface area (Å²) in [6.07, 6.45) is 5.26. The van der Waals surface area contributed by atoms with Crippen LogP contribution in [0.4, 0.5) is 5.69 Å². The van der Waals surface area contributed by atoms with Gasteiger partial charge in [-0.25, -0.2) is 0 Å². The van der Waals surface area contributed by atoms with Gasteiger partial charge in [0.25, 0.3) is 0 Å². The molecule has 0 atom stereocenters. The van der Waals surface area contributed by atoms with E-state index in [9.17, 15) is 0 Å². The molecule has 1 aliphatic heterocycles. The van der Waals surface area contributed by atoms with Crippen LogP contribution in [-0.4, -0.2) is 12.4 Å². The summed E-state index contributed by atoms with van der Waals surface area (Å²) < 4.78 is 0. The molecule has 1 aromatic rings. The summed E-state index contributed by atoms with van der Waals surface area (Å²) in [5, 5.41) is 0. The normalized spacial score (nSPS) is 14.1. The number of hydrogen-bond donors (Lipinski definition) is 0. The fourth-order valence-electron chi connectivity index (χ4n) is 1.30. The Morgan fingerprint density at radius 2 is 2.33 bits per heavy atom. The van der Waals surface area contributed by atoms with Crippen molar-refractivity contribution in [3.63, 3.8) is 0 Å². The Labute approximate surface area is 76.8 Å². The lowest BCUT2D eigenvalue weighted by Gasteiger charge is -2.13. The van der Waals surface area contributed by atoms with E-state index in [2.05, 4.69) is 29.0 Å². The molecule has 0 N–H and O–H groups in total. The number of rotatable bonds is 1. The highest BCUT2D eigenvalue weighted by Crippen LogP contribution is 2.37. The molecule has 1 nitrogen and oxygen atoms in total. The first-order valence-electron chi connectivity index (χ1n) is 3.82. The number of thioether (sulfide) groups is 1. The van der Waals surface area contributed by atoms with Gasteiger partial charge >= 0.3 is 0 Å². The molecule has 0 aliphatic carbocycles. The maximum Gasteiger partial charge on any atom is 0.0800 e. The molecule has 2 rings (SSSR count). The van der Waals surface area contributed by atoms with Crippen molar-refractivity contribution in [1.29, 1.82) is 0 Å². The number of terminal acetylenes is 1. The lowest BCUT2D eigenvalue weighted by atomic mass is 10.3. The smallest absolute Gasteiger partial charge is 0.0800 e. The van der Waals surface area contributed by atoms with Gasteiger partial charge in [0.2, 0.25) is 0 Å². The maximum absolute atomic E-state index is 5.26. The van der Waals surface area contributed by atoms with Gasteiger partial charge in [-0.3, -0.25) is 0 Å². The van der Waals surface area contributed by atoms with E-state index >= 15 is 0 Å². The van der Waals surface area contributed by atoms with Crippen molar-refractivity contribution in [3.05, 3.63) is 24.3 Å². The van der Waals surface area contributed by atoms with Crippen LogP contribution in [0.1, 0.15) is 0 Å². The predicted molar refractivity (Wildman–Crippen MR) is 53.3 cm³/mol. The Hall–Kier alpha value is -1.07. The molecule has 0 amide bonds. The van der Waals surface area contributed by atoms with Gasteiger partial charge in [-0.1, -0.05) is 18.1 Å². The summed E-state index contributed by atoms with van der Waals surface area (Å²) in [5.74, 6) is 3.65. The first kappa shape index (κ1) is 7.57. The van der Waals surface area contributed by atoms with Crippen LogP contribution >= 0.6 is 11.8 Å². The number of nitrogens with zero attached hydrogens (tertiary/aromatic N) is 1. The SMILES string of the molecule is C#CCN1CSc2ccccc21. The average Bonchev–Trinajstić information content (AvgIpc) is 2.50. The van der Waals surface area contributed by atoms with Crippen LogP contribution in [0.25, 0.3) is 0 Å². The third-order valence-corrected chi connectivity index (χ3v) is 2.96. The topological polar surface area (TPSA) is 3.24 Å². The maximum atomic E-state index is 5.26. The zero-order valence-corrected chi connectivity index (χ0v) is 7.47. The third-order valence-electron chi connectivity index (χ3n) is 1.86. The minimum Gasteiger partial charge on any atom is -0.350 e. The number of anilines is 1. The van der Waals surface area contributed by atoms with Crippen LogP contribution in [0, 0.1) is 12.3 Å². The lowest BCUT2D eigenvalue weighted by Crippen LogP contribution is -2.18. The molecule has 0 aromatic heterocycles. The number of benzene rings is 1. The second kappa shape index (κ2) is 3.12. The highest BCUT2D eigenvalue weighted by atomic mass is 32.2. The lowest BCUT2D eigenvalue weighted by molar-refractivity contribution is 1.03. The fourth-order valence-corrected chi connectivity index (χ4v) is 2.34. The molecule has 0 spiro atoms. The van der Waals surface area contributed by atoms with Crippen molar-refractivity contribution in [3.8, 4) is 12.3 Å². The molecule has 0 saturated heterocycles. The molecule has 60 valence electrons. The van der Waals surface area contributed by atoms with Gasteiger partial charge < -0.3 is 4.90 Å². The standard InChI is InChI=1S/C10H9NS/c1-2-7-11-8-12-10-6-4-3-5-9(10)11/h1,3-6H,7-8H2. The highest BCUT2D eigenvalue weighted by molar-refractivity contribution is 7.99. The Morgan fingerprint density at radius 1 is 1.50 bits per heavy atom. The summed E-state index contributed by atoms with van der Waals surface area (Å²) in [6, 6.07) is 8.36. The monoisotopic (exact) mass is 175 g/mol. The van der Waals surface area contributed by atoms with Gasteiger partial charge in [-0.05, 0) is 12.1 Å². The second-order valence-electron chi connectivity index (χ2n) is 2.64. The number of para-hydroxylation sites is 1. The van der Waals surface area contributed by atoms with Crippen molar-refractivity contribution in [2.75, 3.05) is 17.3 Å². The number of fused-ring (bicyclic) bond motifs is 1. The molecule has 12 heavy (non-hydrogen) atoms. The van der Waals surface area contributed by atoms with Crippen LogP contribution in [0.5, 0.6) is 0 Å². The van der Waals surface area contributed by atoms with Gasteiger partial charge in [0.1, 0.15) is 0 Å². The zero-order valence-electron chi connectivity index (χ0n) is 6.66. The number of hydrogen-bond acceptors (Lipinski definition) is 2. The van der Waals surface area contributed by atoms with Gasteiger partial charge in [0.05, 0.1) is 18.1 Å². The first-order chi connectivity index (χ1) is 5.92. The minimum atomic E-state index is 0.712. The van der Waals surface area contributed by atoms with E-state index in [1.807, 2.05) is 17.8 Å². The molecule has 0 radical (unpaired) electrons. The fraction of sp³-hybridized carbons (Fsp3) is 0.200. The molecule has 1 aliphatic rings. The largest absolute Gasteiger partial charge is 0.350 e. The van der Waals surface area contributed by atoms with Crippen molar-refractivity contribution in [2.45, 2.75) is 4.90 Å². The van der Waals surface area contributed by atoms with Gasteiger partial charge in [-0.15, -0.1) is 18.2 Å². The van der Waals surface area contributed by atoms with E-state index in [1.165, 1.54) is 10.6 Å². The van der Waals surface area contributed by atoms with Crippen LogP contribution in [0.15, 0.2) is 29.2 Å². The van der Waals surface area contributed by atoms with Gasteiger partial charge in [-0.2, -0.15) is 0 Å². The molecule has 0 bridgehead atoms. The Kier molecular flexibility index (Phi) is 1.97. The van der Waals surface area contributed by atoms with Crippen LogP contribution in [0.3, 0.4) is 0 Å². The van der Waals surface area contributed by atoms with E-state index in [0.717, 1.165) is 5.88 Å². The van der Waals surface area contributed by atoms with E-state index in [-0.39, 0.29) is 0 Å². The van der Waals surface area contributed by atoms with Gasteiger partial charge in [0, 0.05) is 4.90 Å². The minimum absolute atomic E-state index is 0.712. The summed E-state index contributed by atoms with van der Waals surface area (Å²) in [6.45, 7) is 0.712. The summed E-state index contributed by atoms with van der Waals surface area (Å²) in [4.78, 5) is 3.55. The third kappa shape index (κ3) is 1.17. The Bertz CT molecular complexity index is 327. The summed E-state index contributed by atoms with van der Waals surface area (Å²) >= 11 is 1.85. The molecule has 2 heteroatoms. The van der Waals surface area contributed by atoms with Crippen LogP contribution in [0.2, 0.25) is 0 Å². The van der Waals surface area contributed by atoms with E-state index in [0.29, 0.717) is 6.54 Å². The quantitative estimate of drug-likeness (QED) is 0.602. The molecule has 0 unspecified atom stereocenters. The van der Waals surface area contributed by atoms with Crippen molar-refractivity contribution < 1.29 is 0 Å². The second-order valence-corrected chi connectivity index (χ2v) is 3.63. The Morgan fingerprint density at radius 3 is 3.17 bits per heavy atom. The van der Waals surface area contributed by atoms with Crippen LogP contribution < -0.4 is 4.90 Å². The van der Waals surface area contributed by atoms with Crippen molar-refractivity contribution >= 4 is 17.4 Å². The van der Waals surface area contributed by atoms with E-state index in [4.69, 9.17) is 6.42 Å². The van der Waals surface area contributed by atoms with Crippen LogP contribution in [-0.2, 0) is 0 Å². The van der Waals surface area contributed by atoms with Crippen molar-refractivity contribution in [1.82, 2.24) is 0 Å². The summed E-state index contributed by atoms with van der Waals surface area (Å²) in [7, 11) is 0. The predicted octanol–water partition coefficient (Wildman–Crippen LogP) is 2.19. The molecular formula is C10H9NS. The van der Waals surface area contributed by atoms with E-state index in [1.54, 1.807) is 0 Å². The molecule has 1 aromatic carbocycles. The zero-order chi connectivity index (χ0) is 8.39. The molecule has 0 saturated carbocycles. The summed E-state index contributed by atoms with van der Waals surface area (Å²) in [5.41, 5.74) is 1.28. The molecule has 0 fully saturated rings. The van der Waals surface area contributed by atoms with Crippen molar-refractivity contribution in [2.24, 2.45) is 0 Å².